The summed E-state index contributed by atoms with van der Waals surface area (Å²) in [5.74, 6) is 0.580. The van der Waals surface area contributed by atoms with Gasteiger partial charge in [0.15, 0.2) is 0 Å². The number of rotatable bonds is 4. The minimum atomic E-state index is 0.237. The van der Waals surface area contributed by atoms with Crippen LogP contribution in [-0.2, 0) is 6.42 Å². The van der Waals surface area contributed by atoms with Crippen LogP contribution in [0.4, 0.5) is 0 Å². The average molecular weight is 311 g/mol. The Hall–Kier alpha value is -1.17. The van der Waals surface area contributed by atoms with Crippen molar-refractivity contribution in [3.63, 3.8) is 0 Å². The number of hydrogen-bond acceptors (Lipinski definition) is 5. The summed E-state index contributed by atoms with van der Waals surface area (Å²) < 4.78 is 5.76. The standard InChI is InChI=1S/C13H11ClN2OS2/c1-8-7-10-11(15-13(14)16-12(10)19-8)17-5-4-9-3-2-6-18-9/h2-3,6-7H,4-5H2,1H3. The average Bonchev–Trinajstić information content (AvgIpc) is 2.97. The highest BCUT2D eigenvalue weighted by molar-refractivity contribution is 7.18. The molecule has 0 aromatic carbocycles. The Morgan fingerprint density at radius 3 is 3.05 bits per heavy atom. The van der Waals surface area contributed by atoms with Crippen LogP contribution in [0.5, 0.6) is 5.88 Å². The Balaban J connectivity index is 1.79. The molecule has 3 nitrogen and oxygen atoms in total. The van der Waals surface area contributed by atoms with E-state index in [9.17, 15) is 0 Å². The number of aromatic nitrogens is 2. The zero-order valence-corrected chi connectivity index (χ0v) is 12.6. The van der Waals surface area contributed by atoms with Crippen LogP contribution >= 0.6 is 34.3 Å². The molecule has 0 saturated carbocycles. The molecule has 0 spiro atoms. The minimum Gasteiger partial charge on any atom is -0.477 e. The van der Waals surface area contributed by atoms with Crippen LogP contribution in [0, 0.1) is 6.92 Å². The lowest BCUT2D eigenvalue weighted by Crippen LogP contribution is -2.02. The molecule has 0 saturated heterocycles. The van der Waals surface area contributed by atoms with Crippen molar-refractivity contribution in [3.8, 4) is 5.88 Å². The number of nitrogens with zero attached hydrogens (tertiary/aromatic N) is 2. The monoisotopic (exact) mass is 310 g/mol. The van der Waals surface area contributed by atoms with Gasteiger partial charge < -0.3 is 4.74 Å². The van der Waals surface area contributed by atoms with Crippen molar-refractivity contribution < 1.29 is 4.74 Å². The number of fused-ring (bicyclic) bond motifs is 1. The zero-order valence-electron chi connectivity index (χ0n) is 10.2. The highest BCUT2D eigenvalue weighted by Crippen LogP contribution is 2.31. The van der Waals surface area contributed by atoms with Crippen molar-refractivity contribution >= 4 is 44.5 Å². The Bertz CT molecular complexity index is 694. The van der Waals surface area contributed by atoms with Gasteiger partial charge in [0, 0.05) is 16.2 Å². The summed E-state index contributed by atoms with van der Waals surface area (Å²) in [6.07, 6.45) is 0.879. The van der Waals surface area contributed by atoms with Gasteiger partial charge in [-0.1, -0.05) is 6.07 Å². The van der Waals surface area contributed by atoms with Gasteiger partial charge in [0.1, 0.15) is 4.83 Å². The first-order valence-electron chi connectivity index (χ1n) is 5.81. The highest BCUT2D eigenvalue weighted by Gasteiger charge is 2.10. The van der Waals surface area contributed by atoms with Gasteiger partial charge in [-0.2, -0.15) is 4.98 Å². The van der Waals surface area contributed by atoms with E-state index in [2.05, 4.69) is 21.4 Å². The van der Waals surface area contributed by atoms with Crippen LogP contribution in [0.25, 0.3) is 10.2 Å². The zero-order chi connectivity index (χ0) is 13.2. The molecule has 0 fully saturated rings. The second-order valence-corrected chi connectivity index (χ2v) is 6.66. The Morgan fingerprint density at radius 2 is 2.26 bits per heavy atom. The normalized spacial score (nSPS) is 11.1. The van der Waals surface area contributed by atoms with Crippen LogP contribution < -0.4 is 4.74 Å². The number of ether oxygens (including phenoxy) is 1. The molecule has 3 heterocycles. The maximum absolute atomic E-state index is 5.92. The fourth-order valence-electron chi connectivity index (χ4n) is 1.80. The summed E-state index contributed by atoms with van der Waals surface area (Å²) in [5, 5.41) is 3.25. The van der Waals surface area contributed by atoms with Crippen molar-refractivity contribution in [1.82, 2.24) is 9.97 Å². The molecule has 0 aliphatic rings. The van der Waals surface area contributed by atoms with E-state index in [0.717, 1.165) is 16.6 Å². The van der Waals surface area contributed by atoms with E-state index in [1.807, 2.05) is 19.1 Å². The molecular weight excluding hydrogens is 300 g/mol. The van der Waals surface area contributed by atoms with E-state index in [4.69, 9.17) is 16.3 Å². The molecule has 0 radical (unpaired) electrons. The van der Waals surface area contributed by atoms with Gasteiger partial charge in [-0.05, 0) is 36.0 Å². The van der Waals surface area contributed by atoms with Crippen molar-refractivity contribution in [2.24, 2.45) is 0 Å². The van der Waals surface area contributed by atoms with Crippen LogP contribution in [-0.4, -0.2) is 16.6 Å². The first-order chi connectivity index (χ1) is 9.22. The lowest BCUT2D eigenvalue weighted by atomic mass is 10.3. The van der Waals surface area contributed by atoms with Crippen molar-refractivity contribution in [1.29, 1.82) is 0 Å². The first-order valence-corrected chi connectivity index (χ1v) is 7.88. The summed E-state index contributed by atoms with van der Waals surface area (Å²) in [5.41, 5.74) is 0. The third-order valence-corrected chi connectivity index (χ3v) is 4.67. The number of aryl methyl sites for hydroxylation is 1. The summed E-state index contributed by atoms with van der Waals surface area (Å²) in [6.45, 7) is 2.63. The largest absolute Gasteiger partial charge is 0.477 e. The maximum Gasteiger partial charge on any atom is 0.227 e. The molecule has 19 heavy (non-hydrogen) atoms. The van der Waals surface area contributed by atoms with Crippen LogP contribution in [0.3, 0.4) is 0 Å². The molecule has 0 aliphatic heterocycles. The topological polar surface area (TPSA) is 35.0 Å². The molecule has 3 aromatic heterocycles. The van der Waals surface area contributed by atoms with Gasteiger partial charge in [-0.25, -0.2) is 4.98 Å². The predicted molar refractivity (Wildman–Crippen MR) is 80.7 cm³/mol. The molecule has 0 atom stereocenters. The minimum absolute atomic E-state index is 0.237. The van der Waals surface area contributed by atoms with Crippen LogP contribution in [0.2, 0.25) is 5.28 Å². The van der Waals surface area contributed by atoms with Crippen molar-refractivity contribution in [3.05, 3.63) is 38.6 Å². The third-order valence-electron chi connectivity index (χ3n) is 2.62. The van der Waals surface area contributed by atoms with E-state index in [-0.39, 0.29) is 5.28 Å². The number of halogens is 1. The first kappa shape index (κ1) is 12.8. The number of hydrogen-bond donors (Lipinski definition) is 0. The molecule has 3 rings (SSSR count). The lowest BCUT2D eigenvalue weighted by molar-refractivity contribution is 0.314. The summed E-state index contributed by atoms with van der Waals surface area (Å²) in [7, 11) is 0. The van der Waals surface area contributed by atoms with E-state index < -0.39 is 0 Å². The predicted octanol–water partition coefficient (Wildman–Crippen LogP) is 4.34. The summed E-state index contributed by atoms with van der Waals surface area (Å²) in [4.78, 5) is 11.7. The summed E-state index contributed by atoms with van der Waals surface area (Å²) in [6, 6.07) is 6.18. The lowest BCUT2D eigenvalue weighted by Gasteiger charge is -2.05. The van der Waals surface area contributed by atoms with E-state index in [1.54, 1.807) is 22.7 Å². The highest BCUT2D eigenvalue weighted by atomic mass is 35.5. The second kappa shape index (κ2) is 5.45. The Kier molecular flexibility index (Phi) is 3.68. The fourth-order valence-corrected chi connectivity index (χ4v) is 3.58. The van der Waals surface area contributed by atoms with Gasteiger partial charge in [-0.15, -0.1) is 22.7 Å². The van der Waals surface area contributed by atoms with Crippen molar-refractivity contribution in [2.45, 2.75) is 13.3 Å². The molecule has 0 bridgehead atoms. The molecule has 98 valence electrons. The Labute approximate surface area is 123 Å². The van der Waals surface area contributed by atoms with Gasteiger partial charge in [0.05, 0.1) is 12.0 Å². The number of thiophene rings is 2. The molecule has 3 aromatic rings. The quantitative estimate of drug-likeness (QED) is 0.673. The van der Waals surface area contributed by atoms with E-state index in [0.29, 0.717) is 12.5 Å². The van der Waals surface area contributed by atoms with E-state index >= 15 is 0 Å². The third kappa shape index (κ3) is 2.88. The van der Waals surface area contributed by atoms with Gasteiger partial charge in [-0.3, -0.25) is 0 Å². The second-order valence-electron chi connectivity index (χ2n) is 4.05. The smallest absolute Gasteiger partial charge is 0.227 e. The van der Waals surface area contributed by atoms with E-state index in [1.165, 1.54) is 9.75 Å². The van der Waals surface area contributed by atoms with Gasteiger partial charge >= 0.3 is 0 Å². The Morgan fingerprint density at radius 1 is 1.37 bits per heavy atom. The molecule has 0 aliphatic carbocycles. The molecule has 0 unspecified atom stereocenters. The molecule has 0 amide bonds. The van der Waals surface area contributed by atoms with Gasteiger partial charge in [0.2, 0.25) is 11.2 Å². The fraction of sp³-hybridized carbons (Fsp3) is 0.231. The molecule has 6 heteroatoms. The van der Waals surface area contributed by atoms with Crippen LogP contribution in [0.1, 0.15) is 9.75 Å². The summed E-state index contributed by atoms with van der Waals surface area (Å²) >= 11 is 9.25. The van der Waals surface area contributed by atoms with Gasteiger partial charge in [0.25, 0.3) is 0 Å². The van der Waals surface area contributed by atoms with Crippen LogP contribution in [0.15, 0.2) is 23.6 Å². The maximum atomic E-state index is 5.92. The SMILES string of the molecule is Cc1cc2c(OCCc3cccs3)nc(Cl)nc2s1. The molecule has 0 N–H and O–H groups in total. The molecular formula is C13H11ClN2OS2. The van der Waals surface area contributed by atoms with Crippen molar-refractivity contribution in [2.75, 3.05) is 6.61 Å².